The van der Waals surface area contributed by atoms with E-state index < -0.39 is 29.6 Å². The molecule has 0 aliphatic carbocycles. The number of halogens is 8. The van der Waals surface area contributed by atoms with Crippen LogP contribution in [-0.2, 0) is 17.2 Å². The van der Waals surface area contributed by atoms with Crippen molar-refractivity contribution < 1.29 is 31.2 Å². The van der Waals surface area contributed by atoms with Crippen LogP contribution in [0.1, 0.15) is 23.2 Å². The number of anilines is 1. The van der Waals surface area contributed by atoms with Gasteiger partial charge in [-0.25, -0.2) is 14.6 Å². The quantitative estimate of drug-likeness (QED) is 0.439. The molecule has 0 spiro atoms. The van der Waals surface area contributed by atoms with Gasteiger partial charge in [-0.2, -0.15) is 31.4 Å². The minimum Gasteiger partial charge on any atom is -0.390 e. The Morgan fingerprint density at radius 1 is 1.00 bits per heavy atom. The number of hydrogen-bond donors (Lipinski definition) is 1. The van der Waals surface area contributed by atoms with E-state index in [0.29, 0.717) is 23.8 Å². The molecule has 3 aromatic heterocycles. The van der Waals surface area contributed by atoms with Crippen molar-refractivity contribution in [2.24, 2.45) is 5.16 Å². The fourth-order valence-corrected chi connectivity index (χ4v) is 3.46. The van der Waals surface area contributed by atoms with Crippen molar-refractivity contribution in [1.82, 2.24) is 19.7 Å². The van der Waals surface area contributed by atoms with Crippen molar-refractivity contribution in [2.75, 3.05) is 11.9 Å². The number of nitrogens with one attached hydrogen (secondary N) is 1. The second-order valence-corrected chi connectivity index (χ2v) is 7.89. The van der Waals surface area contributed by atoms with Gasteiger partial charge in [-0.05, 0) is 18.2 Å². The minimum atomic E-state index is -4.58. The van der Waals surface area contributed by atoms with E-state index >= 15 is 0 Å². The first-order chi connectivity index (χ1) is 15.9. The first-order valence-electron chi connectivity index (χ1n) is 9.40. The molecular formula is C19H12Cl2F6N6O. The topological polar surface area (TPSA) is 77.2 Å². The Hall–Kier alpha value is -3.06. The molecule has 7 nitrogen and oxygen atoms in total. The number of aromatic nitrogens is 4. The molecule has 4 heterocycles. The molecule has 180 valence electrons. The standard InChI is InChI=1S/C19H12Cl2F6N6O/c20-12-3-9(18(22,23)24)6-28-16(12)29-8-11-5-15(32-34-11)14-1-2-33(31-14)17-13(21)4-10(7-30-17)19(25,26)27/h1-4,6-7,11H,5,8H2,(H,28,29)/t11-/m0/s1. The summed E-state index contributed by atoms with van der Waals surface area (Å²) in [4.78, 5) is 12.7. The summed E-state index contributed by atoms with van der Waals surface area (Å²) in [5.74, 6) is 0.0562. The van der Waals surface area contributed by atoms with Crippen LogP contribution < -0.4 is 5.32 Å². The molecule has 4 rings (SSSR count). The fourth-order valence-electron chi connectivity index (χ4n) is 2.97. The summed E-state index contributed by atoms with van der Waals surface area (Å²) < 4.78 is 77.7. The molecule has 0 amide bonds. The third-order valence-electron chi connectivity index (χ3n) is 4.65. The average Bonchev–Trinajstić information content (AvgIpc) is 3.41. The predicted molar refractivity (Wildman–Crippen MR) is 110 cm³/mol. The molecular weight excluding hydrogens is 513 g/mol. The number of rotatable bonds is 5. The number of oxime groups is 1. The van der Waals surface area contributed by atoms with Gasteiger partial charge < -0.3 is 10.2 Å². The Balaban J connectivity index is 1.38. The zero-order valence-electron chi connectivity index (χ0n) is 16.6. The van der Waals surface area contributed by atoms with Crippen molar-refractivity contribution in [1.29, 1.82) is 0 Å². The lowest BCUT2D eigenvalue weighted by atomic mass is 10.1. The molecule has 3 aromatic rings. The Morgan fingerprint density at radius 2 is 1.65 bits per heavy atom. The summed E-state index contributed by atoms with van der Waals surface area (Å²) in [6.45, 7) is 0.137. The Kier molecular flexibility index (Phi) is 6.34. The number of hydrogen-bond acceptors (Lipinski definition) is 6. The summed E-state index contributed by atoms with van der Waals surface area (Å²) in [5, 5.41) is 10.5. The van der Waals surface area contributed by atoms with Gasteiger partial charge >= 0.3 is 12.4 Å². The minimum absolute atomic E-state index is 0.00154. The first-order valence-corrected chi connectivity index (χ1v) is 10.2. The van der Waals surface area contributed by atoms with Crippen molar-refractivity contribution >= 4 is 34.7 Å². The monoisotopic (exact) mass is 524 g/mol. The van der Waals surface area contributed by atoms with E-state index in [1.54, 1.807) is 6.07 Å². The number of alkyl halides is 6. The van der Waals surface area contributed by atoms with Gasteiger partial charge in [-0.1, -0.05) is 28.4 Å². The average molecular weight is 525 g/mol. The largest absolute Gasteiger partial charge is 0.417 e. The van der Waals surface area contributed by atoms with E-state index in [1.165, 1.54) is 10.9 Å². The summed E-state index contributed by atoms with van der Waals surface area (Å²) >= 11 is 11.8. The van der Waals surface area contributed by atoms with Gasteiger partial charge in [0.2, 0.25) is 0 Å². The van der Waals surface area contributed by atoms with Crippen LogP contribution in [0, 0.1) is 0 Å². The lowest BCUT2D eigenvalue weighted by Crippen LogP contribution is -2.21. The molecule has 1 aliphatic heterocycles. The van der Waals surface area contributed by atoms with Gasteiger partial charge in [0.1, 0.15) is 23.3 Å². The number of nitrogens with zero attached hydrogens (tertiary/aromatic N) is 5. The molecule has 0 fully saturated rings. The zero-order valence-corrected chi connectivity index (χ0v) is 18.1. The van der Waals surface area contributed by atoms with Crippen LogP contribution in [0.5, 0.6) is 0 Å². The van der Waals surface area contributed by atoms with Crippen molar-refractivity contribution in [3.8, 4) is 5.82 Å². The zero-order chi connectivity index (χ0) is 24.7. The molecule has 0 unspecified atom stereocenters. The van der Waals surface area contributed by atoms with Crippen LogP contribution in [0.15, 0.2) is 41.9 Å². The molecule has 15 heteroatoms. The maximum atomic E-state index is 12.8. The van der Waals surface area contributed by atoms with Crippen molar-refractivity contribution in [2.45, 2.75) is 24.9 Å². The van der Waals surface area contributed by atoms with E-state index in [4.69, 9.17) is 28.0 Å². The third kappa shape index (κ3) is 5.20. The van der Waals surface area contributed by atoms with E-state index in [9.17, 15) is 26.3 Å². The second-order valence-electron chi connectivity index (χ2n) is 7.08. The van der Waals surface area contributed by atoms with Gasteiger partial charge in [0.25, 0.3) is 0 Å². The van der Waals surface area contributed by atoms with Gasteiger partial charge in [0.05, 0.1) is 27.7 Å². The summed E-state index contributed by atoms with van der Waals surface area (Å²) in [7, 11) is 0. The van der Waals surface area contributed by atoms with E-state index in [0.717, 1.165) is 12.1 Å². The molecule has 1 N–H and O–H groups in total. The highest BCUT2D eigenvalue weighted by molar-refractivity contribution is 6.33. The molecule has 34 heavy (non-hydrogen) atoms. The van der Waals surface area contributed by atoms with Gasteiger partial charge in [0.15, 0.2) is 5.82 Å². The maximum Gasteiger partial charge on any atom is 0.417 e. The summed E-state index contributed by atoms with van der Waals surface area (Å²) in [6.07, 6.45) is -6.57. The molecule has 0 aromatic carbocycles. The third-order valence-corrected chi connectivity index (χ3v) is 5.22. The smallest absolute Gasteiger partial charge is 0.390 e. The van der Waals surface area contributed by atoms with Crippen LogP contribution in [0.4, 0.5) is 32.2 Å². The van der Waals surface area contributed by atoms with Crippen LogP contribution in [0.3, 0.4) is 0 Å². The number of pyridine rings is 2. The molecule has 1 atom stereocenters. The molecule has 0 bridgehead atoms. The lowest BCUT2D eigenvalue weighted by molar-refractivity contribution is -0.138. The van der Waals surface area contributed by atoms with E-state index in [1.807, 2.05) is 0 Å². The van der Waals surface area contributed by atoms with Crippen LogP contribution in [-0.4, -0.2) is 38.1 Å². The van der Waals surface area contributed by atoms with Gasteiger partial charge in [-0.3, -0.25) is 0 Å². The molecule has 0 saturated heterocycles. The fraction of sp³-hybridized carbons (Fsp3) is 0.263. The first kappa shape index (κ1) is 24.1. The second kappa shape index (κ2) is 8.95. The van der Waals surface area contributed by atoms with Crippen molar-refractivity contribution in [3.05, 3.63) is 63.7 Å². The molecule has 0 saturated carbocycles. The van der Waals surface area contributed by atoms with Crippen molar-refractivity contribution in [3.63, 3.8) is 0 Å². The van der Waals surface area contributed by atoms with Gasteiger partial charge in [-0.15, -0.1) is 0 Å². The Bertz CT molecular complexity index is 1240. The lowest BCUT2D eigenvalue weighted by Gasteiger charge is -2.13. The Labute approximate surface area is 197 Å². The van der Waals surface area contributed by atoms with E-state index in [2.05, 4.69) is 25.5 Å². The highest BCUT2D eigenvalue weighted by Crippen LogP contribution is 2.33. The normalized spacial score (nSPS) is 16.4. The molecule has 1 aliphatic rings. The molecule has 0 radical (unpaired) electrons. The Morgan fingerprint density at radius 3 is 2.26 bits per heavy atom. The van der Waals surface area contributed by atoms with E-state index in [-0.39, 0.29) is 34.6 Å². The van der Waals surface area contributed by atoms with Crippen LogP contribution >= 0.6 is 23.2 Å². The maximum absolute atomic E-state index is 12.8. The van der Waals surface area contributed by atoms with Gasteiger partial charge in [0, 0.05) is 25.0 Å². The SMILES string of the molecule is FC(F)(F)c1cnc(NC[C@@H]2CC(c3ccn(-c4ncc(C(F)(F)F)cc4Cl)n3)=NO2)c(Cl)c1. The van der Waals surface area contributed by atoms with Crippen LogP contribution in [0.2, 0.25) is 10.0 Å². The summed E-state index contributed by atoms with van der Waals surface area (Å²) in [5.41, 5.74) is -1.13. The van der Waals surface area contributed by atoms with Crippen LogP contribution in [0.25, 0.3) is 5.82 Å². The summed E-state index contributed by atoms with van der Waals surface area (Å²) in [6, 6.07) is 3.08. The highest BCUT2D eigenvalue weighted by Gasteiger charge is 2.33. The predicted octanol–water partition coefficient (Wildman–Crippen LogP) is 5.61. The highest BCUT2D eigenvalue weighted by atomic mass is 35.5.